The molecule has 0 saturated carbocycles. The summed E-state index contributed by atoms with van der Waals surface area (Å²) in [4.78, 5) is 30.6. The van der Waals surface area contributed by atoms with Crippen LogP contribution in [-0.4, -0.2) is 57.1 Å². The Morgan fingerprint density at radius 1 is 1.15 bits per heavy atom. The summed E-state index contributed by atoms with van der Waals surface area (Å²) < 4.78 is 0. The highest BCUT2D eigenvalue weighted by atomic mass is 16.4. The van der Waals surface area contributed by atoms with Crippen molar-refractivity contribution in [2.45, 2.75) is 13.5 Å². The van der Waals surface area contributed by atoms with Gasteiger partial charge in [0.15, 0.2) is 5.82 Å². The van der Waals surface area contributed by atoms with Gasteiger partial charge in [0.2, 0.25) is 11.9 Å². The molecule has 33 heavy (non-hydrogen) atoms. The number of amides is 1. The largest absolute Gasteiger partial charge is 0.488 e. The predicted octanol–water partition coefficient (Wildman–Crippen LogP) is 0.785. The van der Waals surface area contributed by atoms with Crippen molar-refractivity contribution in [3.63, 3.8) is 0 Å². The summed E-state index contributed by atoms with van der Waals surface area (Å²) in [5.74, 6) is 0.747. The van der Waals surface area contributed by atoms with Gasteiger partial charge in [-0.25, -0.2) is 0 Å². The molecule has 0 unspecified atom stereocenters. The van der Waals surface area contributed by atoms with Crippen LogP contribution in [0.3, 0.4) is 0 Å². The molecule has 2 aromatic carbocycles. The SMILES string of the molecule is Cc1[nH]c2c(C(N)=O)cccc2c1-c1nc(NCc2cccc(B(O)O)c2)nc(N(C)C)n1. The molecule has 4 rings (SSSR count). The van der Waals surface area contributed by atoms with E-state index in [-0.39, 0.29) is 0 Å². The van der Waals surface area contributed by atoms with Crippen molar-refractivity contribution in [2.75, 3.05) is 24.3 Å². The molecule has 0 saturated heterocycles. The van der Waals surface area contributed by atoms with Crippen LogP contribution in [0.4, 0.5) is 11.9 Å². The third-order valence-corrected chi connectivity index (χ3v) is 5.23. The number of aryl methyl sites for hydroxylation is 1. The van der Waals surface area contributed by atoms with Crippen LogP contribution in [0.25, 0.3) is 22.3 Å². The summed E-state index contributed by atoms with van der Waals surface area (Å²) in [6, 6.07) is 12.3. The van der Waals surface area contributed by atoms with E-state index in [1.165, 1.54) is 0 Å². The Bertz CT molecular complexity index is 1340. The highest BCUT2D eigenvalue weighted by Crippen LogP contribution is 2.32. The quantitative estimate of drug-likeness (QED) is 0.262. The van der Waals surface area contributed by atoms with Crippen molar-refractivity contribution in [1.29, 1.82) is 0 Å². The van der Waals surface area contributed by atoms with Gasteiger partial charge in [0.25, 0.3) is 5.91 Å². The molecule has 10 nitrogen and oxygen atoms in total. The number of hydrogen-bond donors (Lipinski definition) is 5. The lowest BCUT2D eigenvalue weighted by Crippen LogP contribution is -2.30. The lowest BCUT2D eigenvalue weighted by atomic mass is 9.80. The minimum atomic E-state index is -1.54. The van der Waals surface area contributed by atoms with E-state index in [0.717, 1.165) is 22.2 Å². The first-order valence-electron chi connectivity index (χ1n) is 10.3. The molecule has 168 valence electrons. The Balaban J connectivity index is 1.75. The minimum absolute atomic E-state index is 0.360. The van der Waals surface area contributed by atoms with Gasteiger partial charge < -0.3 is 31.0 Å². The number of fused-ring (bicyclic) bond motifs is 1. The molecule has 4 aromatic rings. The third-order valence-electron chi connectivity index (χ3n) is 5.23. The topological polar surface area (TPSA) is 153 Å². The van der Waals surface area contributed by atoms with E-state index in [2.05, 4.69) is 25.3 Å². The second kappa shape index (κ2) is 8.89. The average Bonchev–Trinajstić information content (AvgIpc) is 3.13. The summed E-state index contributed by atoms with van der Waals surface area (Å²) >= 11 is 0. The fraction of sp³-hybridized carbons (Fsp3) is 0.182. The number of anilines is 2. The van der Waals surface area contributed by atoms with Crippen LogP contribution in [0.15, 0.2) is 42.5 Å². The molecule has 0 aliphatic heterocycles. The van der Waals surface area contributed by atoms with Crippen molar-refractivity contribution >= 4 is 41.3 Å². The number of H-pyrrole nitrogens is 1. The van der Waals surface area contributed by atoms with Gasteiger partial charge in [0.1, 0.15) is 0 Å². The number of rotatable bonds is 7. The molecule has 11 heteroatoms. The fourth-order valence-electron chi connectivity index (χ4n) is 3.64. The molecule has 0 spiro atoms. The summed E-state index contributed by atoms with van der Waals surface area (Å²) in [7, 11) is 2.13. The Hall–Kier alpha value is -3.96. The second-order valence-corrected chi connectivity index (χ2v) is 7.87. The van der Waals surface area contributed by atoms with E-state index in [1.54, 1.807) is 35.2 Å². The number of nitrogens with zero attached hydrogens (tertiary/aromatic N) is 4. The van der Waals surface area contributed by atoms with Gasteiger partial charge in [-0.2, -0.15) is 15.0 Å². The summed E-state index contributed by atoms with van der Waals surface area (Å²) in [6.45, 7) is 2.26. The van der Waals surface area contributed by atoms with Crippen LogP contribution in [0.2, 0.25) is 0 Å². The number of carbonyl (C=O) groups is 1. The van der Waals surface area contributed by atoms with Gasteiger partial charge in [0, 0.05) is 37.3 Å². The van der Waals surface area contributed by atoms with Crippen LogP contribution in [0, 0.1) is 6.92 Å². The Morgan fingerprint density at radius 3 is 2.61 bits per heavy atom. The first kappa shape index (κ1) is 22.2. The van der Waals surface area contributed by atoms with Crippen LogP contribution >= 0.6 is 0 Å². The van der Waals surface area contributed by atoms with E-state index in [9.17, 15) is 14.8 Å². The van der Waals surface area contributed by atoms with Crippen LogP contribution in [0.1, 0.15) is 21.6 Å². The lowest BCUT2D eigenvalue weighted by molar-refractivity contribution is 0.100. The Kier molecular flexibility index (Phi) is 5.99. The van der Waals surface area contributed by atoms with Crippen LogP contribution < -0.4 is 21.4 Å². The minimum Gasteiger partial charge on any atom is -0.423 e. The van der Waals surface area contributed by atoms with E-state index < -0.39 is 13.0 Å². The van der Waals surface area contributed by atoms with Crippen molar-refractivity contribution < 1.29 is 14.8 Å². The molecule has 0 bridgehead atoms. The summed E-state index contributed by atoms with van der Waals surface area (Å²) in [6.07, 6.45) is 0. The first-order chi connectivity index (χ1) is 15.7. The number of para-hydroxylation sites is 1. The molecule has 0 aliphatic rings. The van der Waals surface area contributed by atoms with Gasteiger partial charge in [0.05, 0.1) is 11.1 Å². The van der Waals surface area contributed by atoms with Gasteiger partial charge in [-0.05, 0) is 24.0 Å². The number of nitrogens with two attached hydrogens (primary N) is 1. The van der Waals surface area contributed by atoms with Gasteiger partial charge >= 0.3 is 7.12 Å². The van der Waals surface area contributed by atoms with Gasteiger partial charge in [-0.1, -0.05) is 36.4 Å². The standard InChI is InChI=1S/C22H24BN7O3/c1-12-17(15-8-5-9-16(19(24)31)18(15)26-12)20-27-21(29-22(28-20)30(2)3)25-11-13-6-4-7-14(10-13)23(32)33/h4-10,26,32-33H,11H2,1-3H3,(H2,24,31)(H,25,27,28,29). The van der Waals surface area contributed by atoms with E-state index in [1.807, 2.05) is 33.2 Å². The molecule has 2 heterocycles. The molecule has 0 radical (unpaired) electrons. The maximum absolute atomic E-state index is 11.9. The highest BCUT2D eigenvalue weighted by molar-refractivity contribution is 6.58. The maximum atomic E-state index is 11.9. The number of hydrogen-bond acceptors (Lipinski definition) is 8. The number of nitrogens with one attached hydrogen (secondary N) is 2. The van der Waals surface area contributed by atoms with Crippen LogP contribution in [-0.2, 0) is 6.54 Å². The van der Waals surface area contributed by atoms with Crippen molar-refractivity contribution in [1.82, 2.24) is 19.9 Å². The molecular formula is C22H24BN7O3. The zero-order valence-corrected chi connectivity index (χ0v) is 18.5. The molecule has 1 amide bonds. The Labute approximate surface area is 190 Å². The van der Waals surface area contributed by atoms with E-state index in [4.69, 9.17) is 5.73 Å². The second-order valence-electron chi connectivity index (χ2n) is 7.87. The van der Waals surface area contributed by atoms with Gasteiger partial charge in [-0.3, -0.25) is 4.79 Å². The predicted molar refractivity (Wildman–Crippen MR) is 128 cm³/mol. The van der Waals surface area contributed by atoms with Gasteiger partial charge in [-0.15, -0.1) is 0 Å². The number of aromatic nitrogens is 4. The summed E-state index contributed by atoms with van der Waals surface area (Å²) in [5.41, 5.74) is 9.37. The average molecular weight is 445 g/mol. The molecule has 0 fully saturated rings. The Morgan fingerprint density at radius 2 is 1.91 bits per heavy atom. The number of aromatic amines is 1. The molecule has 2 aromatic heterocycles. The fourth-order valence-corrected chi connectivity index (χ4v) is 3.64. The van der Waals surface area contributed by atoms with E-state index >= 15 is 0 Å². The molecular weight excluding hydrogens is 421 g/mol. The first-order valence-corrected chi connectivity index (χ1v) is 10.3. The summed E-state index contributed by atoms with van der Waals surface area (Å²) in [5, 5.41) is 22.8. The van der Waals surface area contributed by atoms with Crippen LogP contribution in [0.5, 0.6) is 0 Å². The molecule has 6 N–H and O–H groups in total. The normalized spacial score (nSPS) is 10.9. The smallest absolute Gasteiger partial charge is 0.423 e. The zero-order valence-electron chi connectivity index (χ0n) is 18.5. The monoisotopic (exact) mass is 445 g/mol. The maximum Gasteiger partial charge on any atom is 0.488 e. The number of benzene rings is 2. The molecule has 0 aliphatic carbocycles. The number of primary amides is 1. The number of carbonyl (C=O) groups excluding carboxylic acids is 1. The third kappa shape index (κ3) is 4.50. The van der Waals surface area contributed by atoms with Crippen molar-refractivity contribution in [3.8, 4) is 11.4 Å². The van der Waals surface area contributed by atoms with Crippen molar-refractivity contribution in [3.05, 3.63) is 59.3 Å². The molecule has 0 atom stereocenters. The zero-order chi connectivity index (χ0) is 23.7. The van der Waals surface area contributed by atoms with Crippen molar-refractivity contribution in [2.24, 2.45) is 5.73 Å². The lowest BCUT2D eigenvalue weighted by Gasteiger charge is -2.14. The van der Waals surface area contributed by atoms with E-state index in [0.29, 0.717) is 40.8 Å². The highest BCUT2D eigenvalue weighted by Gasteiger charge is 2.19.